The van der Waals surface area contributed by atoms with E-state index in [9.17, 15) is 14.2 Å². The molecular weight excluding hydrogens is 505 g/mol. The Bertz CT molecular complexity index is 1140. The number of rotatable bonds is 12. The van der Waals surface area contributed by atoms with Gasteiger partial charge in [-0.3, -0.25) is 4.79 Å². The minimum atomic E-state index is -4.43. The Kier molecular flexibility index (Phi) is 9.88. The fourth-order valence-electron chi connectivity index (χ4n) is 4.98. The summed E-state index contributed by atoms with van der Waals surface area (Å²) in [6.07, 6.45) is 7.83. The number of aryl methyl sites for hydroxylation is 1. The maximum Gasteiger partial charge on any atom is 0.424 e. The Balaban J connectivity index is 2.13. The molecule has 3 atom stereocenters. The fraction of sp³-hybridized carbons (Fsp3) is 0.586. The smallest absolute Gasteiger partial charge is 0.424 e. The number of unbranched alkanes of at least 4 members (excludes halogenated alkanes) is 2. The largest absolute Gasteiger partial charge is 0.465 e. The molecule has 1 aromatic rings. The lowest BCUT2D eigenvalue weighted by Gasteiger charge is -2.38. The van der Waals surface area contributed by atoms with Crippen LogP contribution in [0.2, 0.25) is 0 Å². The SMILES string of the molecule is C=C1Oc2cc(CCCCC)cc(OP(=O)(NC(C)(C)C(=O)OCC)C(=O)OCC)c2[C@@H]2C=C(C)CC[C@@H]12. The highest BCUT2D eigenvalue weighted by Crippen LogP contribution is 2.55. The quantitative estimate of drug-likeness (QED) is 0.125. The van der Waals surface area contributed by atoms with Crippen LogP contribution in [-0.4, -0.2) is 30.4 Å². The third kappa shape index (κ3) is 6.70. The monoisotopic (exact) mass is 547 g/mol. The summed E-state index contributed by atoms with van der Waals surface area (Å²) in [6.45, 7) is 14.8. The summed E-state index contributed by atoms with van der Waals surface area (Å²) in [7, 11) is -4.43. The van der Waals surface area contributed by atoms with Crippen LogP contribution >= 0.6 is 7.52 Å². The minimum absolute atomic E-state index is 0.00156. The van der Waals surface area contributed by atoms with Gasteiger partial charge in [0.15, 0.2) is 0 Å². The highest BCUT2D eigenvalue weighted by molar-refractivity contribution is 7.74. The molecule has 0 spiro atoms. The van der Waals surface area contributed by atoms with Gasteiger partial charge in [-0.15, -0.1) is 0 Å². The van der Waals surface area contributed by atoms with E-state index < -0.39 is 24.7 Å². The molecule has 210 valence electrons. The van der Waals surface area contributed by atoms with E-state index in [1.165, 1.54) is 19.4 Å². The van der Waals surface area contributed by atoms with E-state index in [1.54, 1.807) is 13.8 Å². The molecule has 1 N–H and O–H groups in total. The first-order chi connectivity index (χ1) is 18.0. The first-order valence-electron chi connectivity index (χ1n) is 13.6. The standard InChI is InChI=1S/C29H42NO7P/c1-8-11-12-13-21-17-24-26(23-16-19(4)14-15-22(23)20(5)36-24)25(18-21)37-38(33,28(32)35-10-3)30-29(6,7)27(31)34-9-2/h16-18,22-23H,5,8-15H2,1-4,6-7H3,(H,30,33)/t22-,23+,38?/m0/s1. The van der Waals surface area contributed by atoms with Gasteiger partial charge in [0.05, 0.1) is 13.2 Å². The van der Waals surface area contributed by atoms with Crippen LogP contribution in [0, 0.1) is 5.92 Å². The van der Waals surface area contributed by atoms with Gasteiger partial charge in [-0.25, -0.2) is 14.4 Å². The van der Waals surface area contributed by atoms with Crippen molar-refractivity contribution < 1.29 is 32.9 Å². The number of carbonyl (C=O) groups is 2. The summed E-state index contributed by atoms with van der Waals surface area (Å²) in [5.41, 5.74) is 0.359. The second-order valence-electron chi connectivity index (χ2n) is 10.5. The average Bonchev–Trinajstić information content (AvgIpc) is 2.83. The molecule has 0 aromatic heterocycles. The van der Waals surface area contributed by atoms with Crippen molar-refractivity contribution in [3.05, 3.63) is 47.2 Å². The number of allylic oxidation sites excluding steroid dienone is 3. The predicted molar refractivity (Wildman–Crippen MR) is 148 cm³/mol. The minimum Gasteiger partial charge on any atom is -0.465 e. The zero-order valence-corrected chi connectivity index (χ0v) is 24.5. The molecular formula is C29H42NO7P. The van der Waals surface area contributed by atoms with Crippen LogP contribution in [0.3, 0.4) is 0 Å². The maximum atomic E-state index is 14.3. The van der Waals surface area contributed by atoms with Crippen molar-refractivity contribution in [3.8, 4) is 11.5 Å². The second kappa shape index (κ2) is 12.5. The molecule has 0 saturated carbocycles. The first-order valence-corrected chi connectivity index (χ1v) is 15.2. The Hall–Kier alpha value is -2.57. The van der Waals surface area contributed by atoms with E-state index in [0.717, 1.165) is 49.7 Å². The number of ether oxygens (including phenoxy) is 3. The summed E-state index contributed by atoms with van der Waals surface area (Å²) >= 11 is 0. The van der Waals surface area contributed by atoms with Gasteiger partial charge >= 0.3 is 19.2 Å². The van der Waals surface area contributed by atoms with Crippen molar-refractivity contribution in [1.82, 2.24) is 5.09 Å². The summed E-state index contributed by atoms with van der Waals surface area (Å²) in [6, 6.07) is 3.83. The molecule has 0 fully saturated rings. The molecule has 1 unspecified atom stereocenters. The van der Waals surface area contributed by atoms with Crippen molar-refractivity contribution in [3.63, 3.8) is 0 Å². The highest BCUT2D eigenvalue weighted by Gasteiger charge is 2.47. The van der Waals surface area contributed by atoms with Crippen molar-refractivity contribution in [2.45, 2.75) is 91.5 Å². The number of carbonyl (C=O) groups excluding carboxylic acids is 2. The summed E-state index contributed by atoms with van der Waals surface area (Å²) in [5, 5.41) is 2.67. The van der Waals surface area contributed by atoms with E-state index >= 15 is 0 Å². The molecule has 1 heterocycles. The predicted octanol–water partition coefficient (Wildman–Crippen LogP) is 7.43. The molecule has 0 bridgehead atoms. The maximum absolute atomic E-state index is 14.3. The Labute approximate surface area is 226 Å². The van der Waals surface area contributed by atoms with Crippen LogP contribution in [-0.2, 0) is 25.3 Å². The molecule has 8 nitrogen and oxygen atoms in total. The molecule has 0 amide bonds. The van der Waals surface area contributed by atoms with E-state index in [1.807, 2.05) is 12.1 Å². The first kappa shape index (κ1) is 30.0. The summed E-state index contributed by atoms with van der Waals surface area (Å²) in [4.78, 5) is 25.7. The lowest BCUT2D eigenvalue weighted by atomic mass is 9.74. The van der Waals surface area contributed by atoms with Crippen LogP contribution in [0.25, 0.3) is 0 Å². The molecule has 9 heteroatoms. The molecule has 1 aliphatic carbocycles. The van der Waals surface area contributed by atoms with Gasteiger partial charge in [-0.05, 0) is 78.0 Å². The van der Waals surface area contributed by atoms with Gasteiger partial charge in [0, 0.05) is 17.4 Å². The lowest BCUT2D eigenvalue weighted by molar-refractivity contribution is -0.149. The molecule has 2 aliphatic rings. The van der Waals surface area contributed by atoms with Crippen molar-refractivity contribution in [2.75, 3.05) is 13.2 Å². The normalized spacial score (nSPS) is 20.3. The topological polar surface area (TPSA) is 100 Å². The van der Waals surface area contributed by atoms with Crippen LogP contribution in [0.1, 0.15) is 90.7 Å². The van der Waals surface area contributed by atoms with Crippen LogP contribution in [0.15, 0.2) is 36.1 Å². The molecule has 0 radical (unpaired) electrons. The summed E-state index contributed by atoms with van der Waals surface area (Å²) < 4.78 is 36.9. The highest BCUT2D eigenvalue weighted by atomic mass is 31.2. The van der Waals surface area contributed by atoms with Gasteiger partial charge in [0.25, 0.3) is 0 Å². The Morgan fingerprint density at radius 1 is 1.16 bits per heavy atom. The molecule has 1 aromatic carbocycles. The fourth-order valence-corrected chi connectivity index (χ4v) is 6.74. The molecule has 1 aliphatic heterocycles. The van der Waals surface area contributed by atoms with Crippen molar-refractivity contribution >= 4 is 19.2 Å². The number of benzene rings is 1. The molecule has 0 saturated heterocycles. The lowest BCUT2D eigenvalue weighted by Crippen LogP contribution is -2.47. The number of hydrogen-bond acceptors (Lipinski definition) is 7. The average molecular weight is 548 g/mol. The van der Waals surface area contributed by atoms with Gasteiger partial charge in [0.2, 0.25) is 0 Å². The second-order valence-corrected chi connectivity index (χ2v) is 12.4. The Morgan fingerprint density at radius 2 is 1.87 bits per heavy atom. The van der Waals surface area contributed by atoms with Gasteiger partial charge in [-0.1, -0.05) is 38.0 Å². The zero-order chi connectivity index (χ0) is 28.1. The van der Waals surface area contributed by atoms with E-state index in [2.05, 4.69) is 31.6 Å². The van der Waals surface area contributed by atoms with E-state index in [0.29, 0.717) is 11.5 Å². The van der Waals surface area contributed by atoms with Crippen molar-refractivity contribution in [1.29, 1.82) is 0 Å². The van der Waals surface area contributed by atoms with Crippen LogP contribution in [0.5, 0.6) is 11.5 Å². The van der Waals surface area contributed by atoms with Gasteiger partial charge < -0.3 is 18.7 Å². The van der Waals surface area contributed by atoms with Gasteiger partial charge in [-0.2, -0.15) is 0 Å². The zero-order valence-electron chi connectivity index (χ0n) is 23.6. The third-order valence-corrected chi connectivity index (χ3v) is 8.83. The molecule has 3 rings (SSSR count). The van der Waals surface area contributed by atoms with Crippen LogP contribution < -0.4 is 14.3 Å². The van der Waals surface area contributed by atoms with Crippen LogP contribution in [0.4, 0.5) is 4.79 Å². The number of hydrogen-bond donors (Lipinski definition) is 1. The number of esters is 1. The van der Waals surface area contributed by atoms with Crippen molar-refractivity contribution in [2.24, 2.45) is 5.92 Å². The van der Waals surface area contributed by atoms with E-state index in [4.69, 9.17) is 18.7 Å². The number of nitrogens with one attached hydrogen (secondary N) is 1. The van der Waals surface area contributed by atoms with E-state index in [-0.39, 0.29) is 30.8 Å². The Morgan fingerprint density at radius 3 is 2.53 bits per heavy atom. The third-order valence-electron chi connectivity index (χ3n) is 6.92. The summed E-state index contributed by atoms with van der Waals surface area (Å²) in [5.74, 6) is 0.836. The number of fused-ring (bicyclic) bond motifs is 3. The molecule has 38 heavy (non-hydrogen) atoms. The van der Waals surface area contributed by atoms with Gasteiger partial charge in [0.1, 0.15) is 22.8 Å².